The van der Waals surface area contributed by atoms with Crippen LogP contribution in [0, 0.1) is 0 Å². The first-order valence-corrected chi connectivity index (χ1v) is 5.34. The van der Waals surface area contributed by atoms with E-state index in [1.54, 1.807) is 0 Å². The Morgan fingerprint density at radius 2 is 2.00 bits per heavy atom. The highest BCUT2D eigenvalue weighted by Crippen LogP contribution is 2.14. The van der Waals surface area contributed by atoms with E-state index in [0.29, 0.717) is 6.54 Å². The van der Waals surface area contributed by atoms with Gasteiger partial charge >= 0.3 is 0 Å². The van der Waals surface area contributed by atoms with Crippen LogP contribution in [0.2, 0.25) is 0 Å². The molecule has 1 heterocycles. The maximum absolute atomic E-state index is 8.92. The maximum atomic E-state index is 8.92. The van der Waals surface area contributed by atoms with Crippen LogP contribution in [0.25, 0.3) is 10.9 Å². The fourth-order valence-corrected chi connectivity index (χ4v) is 1.66. The molecule has 1 aromatic heterocycles. The largest absolute Gasteiger partial charge is 0.395 e. The molecule has 16 heavy (non-hydrogen) atoms. The summed E-state index contributed by atoms with van der Waals surface area (Å²) in [4.78, 5) is 3.13. The smallest absolute Gasteiger partial charge is 0.0607 e. The average Bonchev–Trinajstić information content (AvgIpc) is 2.77. The van der Waals surface area contributed by atoms with Gasteiger partial charge in [0.05, 0.1) is 19.3 Å². The third-order valence-electron chi connectivity index (χ3n) is 2.65. The van der Waals surface area contributed by atoms with E-state index in [0.717, 1.165) is 11.1 Å². The van der Waals surface area contributed by atoms with Gasteiger partial charge in [-0.1, -0.05) is 6.07 Å². The zero-order valence-electron chi connectivity index (χ0n) is 8.98. The highest BCUT2D eigenvalue weighted by molar-refractivity contribution is 5.79. The minimum absolute atomic E-state index is 0.0527. The van der Waals surface area contributed by atoms with Gasteiger partial charge < -0.3 is 20.5 Å². The molecule has 86 valence electrons. The first-order valence-electron chi connectivity index (χ1n) is 5.34. The van der Waals surface area contributed by atoms with Gasteiger partial charge in [0.2, 0.25) is 0 Å². The van der Waals surface area contributed by atoms with E-state index in [1.807, 2.05) is 24.4 Å². The van der Waals surface area contributed by atoms with Crippen LogP contribution in [0.4, 0.5) is 0 Å². The predicted octanol–water partition coefficient (Wildman–Crippen LogP) is 0.611. The van der Waals surface area contributed by atoms with Crippen molar-refractivity contribution in [3.05, 3.63) is 36.0 Å². The lowest BCUT2D eigenvalue weighted by atomic mass is 10.1. The Morgan fingerprint density at radius 3 is 2.75 bits per heavy atom. The summed E-state index contributed by atoms with van der Waals surface area (Å²) in [6.45, 7) is 0.540. The van der Waals surface area contributed by atoms with Crippen molar-refractivity contribution < 1.29 is 10.2 Å². The summed E-state index contributed by atoms with van der Waals surface area (Å²) in [7, 11) is 0. The summed E-state index contributed by atoms with van der Waals surface area (Å²) in [5.41, 5.74) is 2.25. The van der Waals surface area contributed by atoms with Crippen LogP contribution in [0.15, 0.2) is 30.5 Å². The SMILES string of the molecule is OCC(CO)NCc1ccc2[nH]ccc2c1. The van der Waals surface area contributed by atoms with Crippen molar-refractivity contribution in [2.45, 2.75) is 12.6 Å². The number of aromatic amines is 1. The summed E-state index contributed by atoms with van der Waals surface area (Å²) in [6.07, 6.45) is 1.91. The van der Waals surface area contributed by atoms with E-state index in [1.165, 1.54) is 5.39 Å². The Hall–Kier alpha value is -1.36. The van der Waals surface area contributed by atoms with Crippen LogP contribution in [-0.4, -0.2) is 34.5 Å². The van der Waals surface area contributed by atoms with E-state index in [4.69, 9.17) is 10.2 Å². The Morgan fingerprint density at radius 1 is 1.19 bits per heavy atom. The number of benzene rings is 1. The van der Waals surface area contributed by atoms with Crippen LogP contribution in [0.5, 0.6) is 0 Å². The number of hydrogen-bond acceptors (Lipinski definition) is 3. The van der Waals surface area contributed by atoms with Gasteiger partial charge in [0.15, 0.2) is 0 Å². The number of aliphatic hydroxyl groups is 2. The third-order valence-corrected chi connectivity index (χ3v) is 2.65. The lowest BCUT2D eigenvalue weighted by molar-refractivity contribution is 0.170. The predicted molar refractivity (Wildman–Crippen MR) is 63.1 cm³/mol. The molecular weight excluding hydrogens is 204 g/mol. The molecule has 0 aliphatic heterocycles. The van der Waals surface area contributed by atoms with E-state index < -0.39 is 0 Å². The van der Waals surface area contributed by atoms with Crippen molar-refractivity contribution in [2.75, 3.05) is 13.2 Å². The zero-order chi connectivity index (χ0) is 11.4. The normalized spacial score (nSPS) is 11.4. The zero-order valence-corrected chi connectivity index (χ0v) is 8.98. The van der Waals surface area contributed by atoms with Gasteiger partial charge in [-0.15, -0.1) is 0 Å². The molecule has 4 nitrogen and oxygen atoms in total. The van der Waals surface area contributed by atoms with Crippen LogP contribution < -0.4 is 5.32 Å². The molecule has 0 fully saturated rings. The highest BCUT2D eigenvalue weighted by atomic mass is 16.3. The molecule has 0 aliphatic carbocycles. The van der Waals surface area contributed by atoms with Crippen molar-refractivity contribution in [3.63, 3.8) is 0 Å². The summed E-state index contributed by atoms with van der Waals surface area (Å²) < 4.78 is 0. The van der Waals surface area contributed by atoms with E-state index >= 15 is 0 Å². The molecule has 1 aromatic carbocycles. The lowest BCUT2D eigenvalue weighted by Crippen LogP contribution is -2.35. The maximum Gasteiger partial charge on any atom is 0.0607 e. The molecule has 0 unspecified atom stereocenters. The van der Waals surface area contributed by atoms with E-state index in [-0.39, 0.29) is 19.3 Å². The number of hydrogen-bond donors (Lipinski definition) is 4. The summed E-state index contributed by atoms with van der Waals surface area (Å²) in [6, 6.07) is 7.91. The Kier molecular flexibility index (Phi) is 3.56. The lowest BCUT2D eigenvalue weighted by Gasteiger charge is -2.13. The topological polar surface area (TPSA) is 68.3 Å². The standard InChI is InChI=1S/C12H16N2O2/c15-7-11(8-16)14-6-9-1-2-12-10(5-9)3-4-13-12/h1-5,11,13-16H,6-8H2. The van der Waals surface area contributed by atoms with Gasteiger partial charge in [0, 0.05) is 18.3 Å². The molecule has 4 N–H and O–H groups in total. The quantitative estimate of drug-likeness (QED) is 0.597. The van der Waals surface area contributed by atoms with Crippen molar-refractivity contribution in [1.82, 2.24) is 10.3 Å². The number of fused-ring (bicyclic) bond motifs is 1. The van der Waals surface area contributed by atoms with Crippen molar-refractivity contribution in [3.8, 4) is 0 Å². The molecule has 2 aromatic rings. The van der Waals surface area contributed by atoms with Gasteiger partial charge in [0.25, 0.3) is 0 Å². The van der Waals surface area contributed by atoms with Gasteiger partial charge in [-0.05, 0) is 29.1 Å². The number of H-pyrrole nitrogens is 1. The number of nitrogens with one attached hydrogen (secondary N) is 2. The average molecular weight is 220 g/mol. The second-order valence-corrected chi connectivity index (χ2v) is 3.84. The molecule has 0 amide bonds. The molecule has 0 saturated carbocycles. The minimum atomic E-state index is -0.248. The summed E-state index contributed by atoms with van der Waals surface area (Å²) in [5.74, 6) is 0. The third kappa shape index (κ3) is 2.41. The molecule has 2 rings (SSSR count). The fraction of sp³-hybridized carbons (Fsp3) is 0.333. The second kappa shape index (κ2) is 5.12. The first kappa shape index (κ1) is 11.1. The van der Waals surface area contributed by atoms with Crippen LogP contribution in [0.3, 0.4) is 0 Å². The van der Waals surface area contributed by atoms with Crippen molar-refractivity contribution in [1.29, 1.82) is 0 Å². The van der Waals surface area contributed by atoms with Gasteiger partial charge in [-0.2, -0.15) is 0 Å². The van der Waals surface area contributed by atoms with E-state index in [9.17, 15) is 0 Å². The van der Waals surface area contributed by atoms with E-state index in [2.05, 4.69) is 16.4 Å². The number of rotatable bonds is 5. The summed E-state index contributed by atoms with van der Waals surface area (Å²) in [5, 5.41) is 22.1. The highest BCUT2D eigenvalue weighted by Gasteiger charge is 2.04. The van der Waals surface area contributed by atoms with Gasteiger partial charge in [-0.25, -0.2) is 0 Å². The molecule has 0 aliphatic rings. The van der Waals surface area contributed by atoms with Gasteiger partial charge in [-0.3, -0.25) is 0 Å². The summed E-state index contributed by atoms with van der Waals surface area (Å²) >= 11 is 0. The first-order chi connectivity index (χ1) is 7.83. The van der Waals surface area contributed by atoms with Crippen molar-refractivity contribution >= 4 is 10.9 Å². The number of aromatic nitrogens is 1. The fourth-order valence-electron chi connectivity index (χ4n) is 1.66. The van der Waals surface area contributed by atoms with Crippen LogP contribution in [-0.2, 0) is 6.54 Å². The second-order valence-electron chi connectivity index (χ2n) is 3.84. The molecular formula is C12H16N2O2. The van der Waals surface area contributed by atoms with Gasteiger partial charge in [0.1, 0.15) is 0 Å². The molecule has 0 radical (unpaired) electrons. The van der Waals surface area contributed by atoms with Crippen LogP contribution >= 0.6 is 0 Å². The Bertz CT molecular complexity index is 449. The molecule has 4 heteroatoms. The molecule has 0 bridgehead atoms. The van der Waals surface area contributed by atoms with Crippen molar-refractivity contribution in [2.24, 2.45) is 0 Å². The molecule has 0 spiro atoms. The Labute approximate surface area is 93.9 Å². The Balaban J connectivity index is 2.03. The molecule has 0 atom stereocenters. The monoisotopic (exact) mass is 220 g/mol. The van der Waals surface area contributed by atoms with Crippen LogP contribution in [0.1, 0.15) is 5.56 Å². The minimum Gasteiger partial charge on any atom is -0.395 e. The number of aliphatic hydroxyl groups excluding tert-OH is 2. The molecule has 0 saturated heterocycles.